The maximum Gasteiger partial charge on any atom is 0.0558 e. The fourth-order valence-electron chi connectivity index (χ4n) is 1.80. The molecular formula is C13H21ClN2O. The molecule has 0 aliphatic heterocycles. The van der Waals surface area contributed by atoms with Crippen molar-refractivity contribution in [3.05, 3.63) is 34.9 Å². The Morgan fingerprint density at radius 1 is 1.41 bits per heavy atom. The van der Waals surface area contributed by atoms with Gasteiger partial charge in [0.25, 0.3) is 0 Å². The van der Waals surface area contributed by atoms with Gasteiger partial charge in [-0.05, 0) is 30.7 Å². The van der Waals surface area contributed by atoms with Gasteiger partial charge in [0.15, 0.2) is 0 Å². The second-order valence-corrected chi connectivity index (χ2v) is 4.54. The minimum Gasteiger partial charge on any atom is -0.395 e. The number of hydrogen-bond donors (Lipinski definition) is 2. The molecule has 0 aliphatic rings. The summed E-state index contributed by atoms with van der Waals surface area (Å²) >= 11 is 5.93. The van der Waals surface area contributed by atoms with Gasteiger partial charge in [0.2, 0.25) is 0 Å². The first-order chi connectivity index (χ1) is 8.17. The maximum atomic E-state index is 8.90. The van der Waals surface area contributed by atoms with Gasteiger partial charge in [0.1, 0.15) is 0 Å². The highest BCUT2D eigenvalue weighted by Crippen LogP contribution is 2.18. The Morgan fingerprint density at radius 3 is 2.76 bits per heavy atom. The maximum absolute atomic E-state index is 8.90. The molecule has 0 fully saturated rings. The minimum atomic E-state index is 0.00134. The van der Waals surface area contributed by atoms with Crippen molar-refractivity contribution in [1.82, 2.24) is 4.90 Å². The molecule has 0 saturated heterocycles. The molecule has 17 heavy (non-hydrogen) atoms. The van der Waals surface area contributed by atoms with Gasteiger partial charge in [-0.2, -0.15) is 0 Å². The summed E-state index contributed by atoms with van der Waals surface area (Å²) in [6, 6.07) is 7.68. The SMILES string of the molecule is CCN(CCO)CCC(N)c1cccc(Cl)c1. The van der Waals surface area contributed by atoms with Gasteiger partial charge in [0.05, 0.1) is 6.61 Å². The van der Waals surface area contributed by atoms with E-state index in [1.54, 1.807) is 0 Å². The van der Waals surface area contributed by atoms with Gasteiger partial charge in [-0.1, -0.05) is 30.7 Å². The van der Waals surface area contributed by atoms with Crippen LogP contribution in [0.1, 0.15) is 24.9 Å². The van der Waals surface area contributed by atoms with Crippen LogP contribution in [-0.4, -0.2) is 36.2 Å². The van der Waals surface area contributed by atoms with Crippen molar-refractivity contribution in [3.63, 3.8) is 0 Å². The number of hydrogen-bond acceptors (Lipinski definition) is 3. The molecule has 1 rings (SSSR count). The first kappa shape index (κ1) is 14.5. The van der Waals surface area contributed by atoms with Crippen LogP contribution in [0.5, 0.6) is 0 Å². The molecule has 0 spiro atoms. The molecular weight excluding hydrogens is 236 g/mol. The Bertz CT molecular complexity index is 333. The molecule has 0 bridgehead atoms. The standard InChI is InChI=1S/C13H21ClN2O/c1-2-16(8-9-17)7-6-13(15)11-4-3-5-12(14)10-11/h3-5,10,13,17H,2,6-9,15H2,1H3. The Kier molecular flexibility index (Phi) is 6.52. The molecule has 1 unspecified atom stereocenters. The van der Waals surface area contributed by atoms with Crippen LogP contribution >= 0.6 is 11.6 Å². The fourth-order valence-corrected chi connectivity index (χ4v) is 1.99. The van der Waals surface area contributed by atoms with E-state index in [-0.39, 0.29) is 12.6 Å². The molecule has 1 aromatic carbocycles. The van der Waals surface area contributed by atoms with Crippen molar-refractivity contribution >= 4 is 11.6 Å². The third-order valence-corrected chi connectivity index (χ3v) is 3.13. The van der Waals surface area contributed by atoms with Crippen LogP contribution in [0.4, 0.5) is 0 Å². The summed E-state index contributed by atoms with van der Waals surface area (Å²) in [6.07, 6.45) is 0.869. The lowest BCUT2D eigenvalue weighted by atomic mass is 10.0. The zero-order valence-electron chi connectivity index (χ0n) is 10.3. The van der Waals surface area contributed by atoms with Crippen molar-refractivity contribution in [2.75, 3.05) is 26.2 Å². The van der Waals surface area contributed by atoms with E-state index in [9.17, 15) is 0 Å². The summed E-state index contributed by atoms with van der Waals surface area (Å²) in [5, 5.41) is 9.62. The topological polar surface area (TPSA) is 49.5 Å². The number of nitrogens with two attached hydrogens (primary N) is 1. The summed E-state index contributed by atoms with van der Waals surface area (Å²) in [7, 11) is 0. The third-order valence-electron chi connectivity index (χ3n) is 2.90. The van der Waals surface area contributed by atoms with E-state index in [0.717, 1.165) is 30.1 Å². The highest BCUT2D eigenvalue weighted by Gasteiger charge is 2.09. The summed E-state index contributed by atoms with van der Waals surface area (Å²) in [5.41, 5.74) is 7.18. The molecule has 1 aromatic rings. The van der Waals surface area contributed by atoms with Crippen LogP contribution in [0.3, 0.4) is 0 Å². The monoisotopic (exact) mass is 256 g/mol. The molecule has 0 amide bonds. The number of benzene rings is 1. The molecule has 0 saturated carbocycles. The third kappa shape index (κ3) is 5.04. The number of rotatable bonds is 7. The van der Waals surface area contributed by atoms with Crippen LogP contribution in [0.25, 0.3) is 0 Å². The van der Waals surface area contributed by atoms with Crippen LogP contribution in [0.15, 0.2) is 24.3 Å². The van der Waals surface area contributed by atoms with Crippen molar-refractivity contribution in [2.45, 2.75) is 19.4 Å². The zero-order chi connectivity index (χ0) is 12.7. The zero-order valence-corrected chi connectivity index (χ0v) is 11.0. The van der Waals surface area contributed by atoms with E-state index in [1.165, 1.54) is 0 Å². The Balaban J connectivity index is 2.46. The molecule has 1 atom stereocenters. The number of nitrogens with zero attached hydrogens (tertiary/aromatic N) is 1. The van der Waals surface area contributed by atoms with E-state index in [4.69, 9.17) is 22.4 Å². The molecule has 96 valence electrons. The quantitative estimate of drug-likeness (QED) is 0.785. The van der Waals surface area contributed by atoms with Crippen molar-refractivity contribution in [1.29, 1.82) is 0 Å². The smallest absolute Gasteiger partial charge is 0.0558 e. The lowest BCUT2D eigenvalue weighted by Crippen LogP contribution is -2.29. The van der Waals surface area contributed by atoms with Gasteiger partial charge in [-0.3, -0.25) is 0 Å². The predicted molar refractivity (Wildman–Crippen MR) is 72.2 cm³/mol. The minimum absolute atomic E-state index is 0.00134. The van der Waals surface area contributed by atoms with Crippen molar-refractivity contribution in [2.24, 2.45) is 5.73 Å². The molecule has 3 N–H and O–H groups in total. The van der Waals surface area contributed by atoms with Crippen molar-refractivity contribution in [3.8, 4) is 0 Å². The number of likely N-dealkylation sites (N-methyl/N-ethyl adjacent to an activating group) is 1. The Morgan fingerprint density at radius 2 is 2.18 bits per heavy atom. The molecule has 3 nitrogen and oxygen atoms in total. The van der Waals surface area contributed by atoms with Gasteiger partial charge in [-0.15, -0.1) is 0 Å². The first-order valence-electron chi connectivity index (χ1n) is 6.01. The van der Waals surface area contributed by atoms with E-state index in [1.807, 2.05) is 24.3 Å². The lowest BCUT2D eigenvalue weighted by Gasteiger charge is -2.21. The fraction of sp³-hybridized carbons (Fsp3) is 0.538. The molecule has 0 aliphatic carbocycles. The van der Waals surface area contributed by atoms with Crippen molar-refractivity contribution < 1.29 is 5.11 Å². The van der Waals surface area contributed by atoms with E-state index in [2.05, 4.69) is 11.8 Å². The summed E-state index contributed by atoms with van der Waals surface area (Å²) < 4.78 is 0. The number of aliphatic hydroxyl groups excluding tert-OH is 1. The van der Waals surface area contributed by atoms with Crippen LogP contribution < -0.4 is 5.73 Å². The average molecular weight is 257 g/mol. The molecule has 0 radical (unpaired) electrons. The Labute approximate surface area is 108 Å². The molecule has 0 heterocycles. The largest absolute Gasteiger partial charge is 0.395 e. The molecule has 0 aromatic heterocycles. The van der Waals surface area contributed by atoms with Crippen LogP contribution in [0, 0.1) is 0 Å². The highest BCUT2D eigenvalue weighted by molar-refractivity contribution is 6.30. The second kappa shape index (κ2) is 7.67. The first-order valence-corrected chi connectivity index (χ1v) is 6.39. The Hall–Kier alpha value is -0.610. The van der Waals surface area contributed by atoms with E-state index < -0.39 is 0 Å². The van der Waals surface area contributed by atoms with Gasteiger partial charge >= 0.3 is 0 Å². The van der Waals surface area contributed by atoms with Gasteiger partial charge < -0.3 is 15.7 Å². The van der Waals surface area contributed by atoms with Crippen LogP contribution in [0.2, 0.25) is 5.02 Å². The summed E-state index contributed by atoms with van der Waals surface area (Å²) in [6.45, 7) is 4.81. The number of halogens is 1. The lowest BCUT2D eigenvalue weighted by molar-refractivity contribution is 0.198. The predicted octanol–water partition coefficient (Wildman–Crippen LogP) is 2.04. The summed E-state index contributed by atoms with van der Waals surface area (Å²) in [5.74, 6) is 0. The normalized spacial score (nSPS) is 13.0. The highest BCUT2D eigenvalue weighted by atomic mass is 35.5. The van der Waals surface area contributed by atoms with Gasteiger partial charge in [0, 0.05) is 24.2 Å². The van der Waals surface area contributed by atoms with E-state index >= 15 is 0 Å². The second-order valence-electron chi connectivity index (χ2n) is 4.11. The molecule has 4 heteroatoms. The summed E-state index contributed by atoms with van der Waals surface area (Å²) in [4.78, 5) is 2.18. The van der Waals surface area contributed by atoms with E-state index in [0.29, 0.717) is 6.54 Å². The average Bonchev–Trinajstić information content (AvgIpc) is 2.34. The number of aliphatic hydroxyl groups is 1. The van der Waals surface area contributed by atoms with Crippen LogP contribution in [-0.2, 0) is 0 Å². The van der Waals surface area contributed by atoms with Gasteiger partial charge in [-0.25, -0.2) is 0 Å².